The van der Waals surface area contributed by atoms with Crippen LogP contribution in [0.3, 0.4) is 0 Å². The van der Waals surface area contributed by atoms with Crippen molar-refractivity contribution in [1.82, 2.24) is 5.32 Å². The minimum Gasteiger partial charge on any atom is -0.457 e. The van der Waals surface area contributed by atoms with Gasteiger partial charge >= 0.3 is 0 Å². The Morgan fingerprint density at radius 1 is 1.05 bits per heavy atom. The highest BCUT2D eigenvalue weighted by atomic mass is 16.5. The number of aryl methyl sites for hydroxylation is 1. The molecule has 0 saturated heterocycles. The lowest BCUT2D eigenvalue weighted by atomic mass is 10.1. The van der Waals surface area contributed by atoms with E-state index in [0.29, 0.717) is 0 Å². The maximum Gasteiger partial charge on any atom is 0.130 e. The van der Waals surface area contributed by atoms with Gasteiger partial charge in [0.2, 0.25) is 0 Å². The van der Waals surface area contributed by atoms with Gasteiger partial charge in [0.1, 0.15) is 11.5 Å². The van der Waals surface area contributed by atoms with Crippen LogP contribution >= 0.6 is 0 Å². The Morgan fingerprint density at radius 3 is 2.37 bits per heavy atom. The van der Waals surface area contributed by atoms with E-state index in [9.17, 15) is 0 Å². The van der Waals surface area contributed by atoms with Gasteiger partial charge in [-0.25, -0.2) is 0 Å². The van der Waals surface area contributed by atoms with E-state index in [-0.39, 0.29) is 6.61 Å². The molecule has 0 amide bonds. The largest absolute Gasteiger partial charge is 0.457 e. The zero-order valence-electron chi connectivity index (χ0n) is 11.3. The molecule has 0 aliphatic rings. The van der Waals surface area contributed by atoms with Gasteiger partial charge in [-0.2, -0.15) is 0 Å². The quantitative estimate of drug-likeness (QED) is 0.865. The molecule has 3 heteroatoms. The van der Waals surface area contributed by atoms with Crippen LogP contribution in [-0.4, -0.2) is 12.2 Å². The molecule has 0 aliphatic carbocycles. The molecule has 2 rings (SSSR count). The SMILES string of the molecule is CNCc1ccc(C)c(Oc2ccc(CO)cc2)c1. The average Bonchev–Trinajstić information content (AvgIpc) is 2.44. The van der Waals surface area contributed by atoms with Crippen molar-refractivity contribution in [1.29, 1.82) is 0 Å². The summed E-state index contributed by atoms with van der Waals surface area (Å²) in [6.07, 6.45) is 0. The second-order valence-electron chi connectivity index (χ2n) is 4.53. The molecular weight excluding hydrogens is 238 g/mol. The standard InChI is InChI=1S/C16H19NO2/c1-12-3-4-14(10-17-2)9-16(12)19-15-7-5-13(11-18)6-8-15/h3-9,17-18H,10-11H2,1-2H3. The number of rotatable bonds is 5. The zero-order valence-corrected chi connectivity index (χ0v) is 11.3. The minimum atomic E-state index is 0.0525. The fraction of sp³-hybridized carbons (Fsp3) is 0.250. The number of benzene rings is 2. The Hall–Kier alpha value is -1.84. The number of hydrogen-bond donors (Lipinski definition) is 2. The van der Waals surface area contributed by atoms with E-state index >= 15 is 0 Å². The van der Waals surface area contributed by atoms with Gasteiger partial charge in [-0.1, -0.05) is 24.3 Å². The first kappa shape index (κ1) is 13.6. The summed E-state index contributed by atoms with van der Waals surface area (Å²) in [7, 11) is 1.92. The molecule has 0 heterocycles. The van der Waals surface area contributed by atoms with Crippen molar-refractivity contribution in [2.24, 2.45) is 0 Å². The van der Waals surface area contributed by atoms with Gasteiger partial charge < -0.3 is 15.2 Å². The number of ether oxygens (including phenoxy) is 1. The van der Waals surface area contributed by atoms with Crippen molar-refractivity contribution in [2.75, 3.05) is 7.05 Å². The average molecular weight is 257 g/mol. The van der Waals surface area contributed by atoms with Crippen LogP contribution in [0.15, 0.2) is 42.5 Å². The maximum absolute atomic E-state index is 9.01. The van der Waals surface area contributed by atoms with E-state index in [1.165, 1.54) is 5.56 Å². The molecule has 0 saturated carbocycles. The smallest absolute Gasteiger partial charge is 0.130 e. The Bertz CT molecular complexity index is 535. The van der Waals surface area contributed by atoms with Crippen LogP contribution in [0.5, 0.6) is 11.5 Å². The van der Waals surface area contributed by atoms with E-state index in [1.807, 2.05) is 44.3 Å². The fourth-order valence-electron chi connectivity index (χ4n) is 1.86. The number of hydrogen-bond acceptors (Lipinski definition) is 3. The lowest BCUT2D eigenvalue weighted by Gasteiger charge is -2.11. The van der Waals surface area contributed by atoms with Crippen LogP contribution in [0.1, 0.15) is 16.7 Å². The zero-order chi connectivity index (χ0) is 13.7. The van der Waals surface area contributed by atoms with Crippen LogP contribution in [0, 0.1) is 6.92 Å². The second-order valence-corrected chi connectivity index (χ2v) is 4.53. The van der Waals surface area contributed by atoms with Crippen LogP contribution in [0.25, 0.3) is 0 Å². The molecule has 2 aromatic rings. The molecule has 0 bridgehead atoms. The first-order chi connectivity index (χ1) is 9.22. The third-order valence-electron chi connectivity index (χ3n) is 2.97. The maximum atomic E-state index is 9.01. The van der Waals surface area contributed by atoms with Crippen molar-refractivity contribution in [2.45, 2.75) is 20.1 Å². The molecule has 19 heavy (non-hydrogen) atoms. The highest BCUT2D eigenvalue weighted by Crippen LogP contribution is 2.26. The Morgan fingerprint density at radius 2 is 1.74 bits per heavy atom. The Labute approximate surface area is 113 Å². The third-order valence-corrected chi connectivity index (χ3v) is 2.97. The summed E-state index contributed by atoms with van der Waals surface area (Å²) in [5.41, 5.74) is 3.18. The minimum absolute atomic E-state index is 0.0525. The molecule has 100 valence electrons. The van der Waals surface area contributed by atoms with Gasteiger partial charge in [-0.15, -0.1) is 0 Å². The van der Waals surface area contributed by atoms with E-state index in [4.69, 9.17) is 9.84 Å². The first-order valence-corrected chi connectivity index (χ1v) is 6.34. The lowest BCUT2D eigenvalue weighted by Crippen LogP contribution is -2.05. The van der Waals surface area contributed by atoms with Crippen LogP contribution in [-0.2, 0) is 13.2 Å². The van der Waals surface area contributed by atoms with Gasteiger partial charge in [0, 0.05) is 6.54 Å². The van der Waals surface area contributed by atoms with Crippen molar-refractivity contribution < 1.29 is 9.84 Å². The molecule has 2 N–H and O–H groups in total. The summed E-state index contributed by atoms with van der Waals surface area (Å²) in [4.78, 5) is 0. The molecular formula is C16H19NO2. The molecule has 3 nitrogen and oxygen atoms in total. The van der Waals surface area contributed by atoms with Crippen LogP contribution in [0.4, 0.5) is 0 Å². The van der Waals surface area contributed by atoms with Crippen molar-refractivity contribution >= 4 is 0 Å². The van der Waals surface area contributed by atoms with Gasteiger partial charge in [0.15, 0.2) is 0 Å². The monoisotopic (exact) mass is 257 g/mol. The molecule has 0 radical (unpaired) electrons. The molecule has 0 aliphatic heterocycles. The number of aliphatic hydroxyl groups excluding tert-OH is 1. The fourth-order valence-corrected chi connectivity index (χ4v) is 1.86. The normalized spacial score (nSPS) is 10.5. The van der Waals surface area contributed by atoms with Crippen LogP contribution < -0.4 is 10.1 Å². The van der Waals surface area contributed by atoms with Crippen molar-refractivity contribution in [3.63, 3.8) is 0 Å². The molecule has 0 atom stereocenters. The molecule has 0 unspecified atom stereocenters. The third kappa shape index (κ3) is 3.56. The second kappa shape index (κ2) is 6.36. The predicted octanol–water partition coefficient (Wildman–Crippen LogP) is 3.00. The van der Waals surface area contributed by atoms with E-state index in [1.54, 1.807) is 0 Å². The molecule has 0 aromatic heterocycles. The Kier molecular flexibility index (Phi) is 4.55. The van der Waals surface area contributed by atoms with Gasteiger partial charge in [-0.3, -0.25) is 0 Å². The topological polar surface area (TPSA) is 41.5 Å². The van der Waals surface area contributed by atoms with E-state index in [0.717, 1.165) is 29.2 Å². The number of nitrogens with one attached hydrogen (secondary N) is 1. The van der Waals surface area contributed by atoms with Crippen LogP contribution in [0.2, 0.25) is 0 Å². The van der Waals surface area contributed by atoms with Gasteiger partial charge in [0.05, 0.1) is 6.61 Å². The summed E-state index contributed by atoms with van der Waals surface area (Å²) in [6, 6.07) is 13.7. The highest BCUT2D eigenvalue weighted by molar-refractivity contribution is 5.40. The summed E-state index contributed by atoms with van der Waals surface area (Å²) >= 11 is 0. The van der Waals surface area contributed by atoms with Gasteiger partial charge in [0.25, 0.3) is 0 Å². The summed E-state index contributed by atoms with van der Waals surface area (Å²) in [5, 5.41) is 12.1. The van der Waals surface area contributed by atoms with Crippen molar-refractivity contribution in [3.05, 3.63) is 59.2 Å². The molecule has 0 fully saturated rings. The number of aliphatic hydroxyl groups is 1. The van der Waals surface area contributed by atoms with Gasteiger partial charge in [-0.05, 0) is 48.9 Å². The predicted molar refractivity (Wildman–Crippen MR) is 76.4 cm³/mol. The lowest BCUT2D eigenvalue weighted by molar-refractivity contribution is 0.281. The van der Waals surface area contributed by atoms with E-state index < -0.39 is 0 Å². The summed E-state index contributed by atoms with van der Waals surface area (Å²) in [5.74, 6) is 1.64. The molecule has 2 aromatic carbocycles. The molecule has 0 spiro atoms. The summed E-state index contributed by atoms with van der Waals surface area (Å²) < 4.78 is 5.89. The highest BCUT2D eigenvalue weighted by Gasteiger charge is 2.03. The Balaban J connectivity index is 2.18. The first-order valence-electron chi connectivity index (χ1n) is 6.34. The van der Waals surface area contributed by atoms with Crippen molar-refractivity contribution in [3.8, 4) is 11.5 Å². The van der Waals surface area contributed by atoms with E-state index in [2.05, 4.69) is 17.4 Å². The summed E-state index contributed by atoms with van der Waals surface area (Å²) in [6.45, 7) is 2.90.